The van der Waals surface area contributed by atoms with Crippen LogP contribution < -0.4 is 15.8 Å². The van der Waals surface area contributed by atoms with Crippen molar-refractivity contribution >= 4 is 12.0 Å². The number of nitrogens with one attached hydrogen (secondary N) is 1. The van der Waals surface area contributed by atoms with Crippen molar-refractivity contribution in [3.8, 4) is 5.75 Å². The second-order valence-electron chi connectivity index (χ2n) is 3.18. The number of benzene rings is 1. The number of carbonyl (C=O) groups is 2. The molecule has 0 unspecified atom stereocenters. The summed E-state index contributed by atoms with van der Waals surface area (Å²) in [6, 6.07) is 7.00. The molecule has 6 heteroatoms. The summed E-state index contributed by atoms with van der Waals surface area (Å²) in [6.45, 7) is 0.195. The third-order valence-corrected chi connectivity index (χ3v) is 1.96. The normalized spacial score (nSPS) is 9.53. The molecule has 17 heavy (non-hydrogen) atoms. The maximum atomic E-state index is 11.2. The number of hydrogen-bond acceptors (Lipinski definition) is 5. The lowest BCUT2D eigenvalue weighted by molar-refractivity contribution is -0.122. The molecule has 6 nitrogen and oxygen atoms in total. The molecule has 1 aromatic carbocycles. The Morgan fingerprint density at radius 1 is 1.29 bits per heavy atom. The number of ether oxygens (including phenoxy) is 2. The fourth-order valence-electron chi connectivity index (χ4n) is 1.07. The van der Waals surface area contributed by atoms with Gasteiger partial charge in [0.25, 0.3) is 5.91 Å². The molecular weight excluding hydrogens is 224 g/mol. The van der Waals surface area contributed by atoms with Gasteiger partial charge in [-0.15, -0.1) is 0 Å². The third kappa shape index (κ3) is 4.52. The molecule has 0 spiro atoms. The van der Waals surface area contributed by atoms with Crippen molar-refractivity contribution in [2.75, 3.05) is 13.7 Å². The zero-order valence-corrected chi connectivity index (χ0v) is 9.43. The minimum atomic E-state index is -0.808. The molecule has 0 aliphatic carbocycles. The smallest absolute Gasteiger partial charge is 0.413 e. The highest BCUT2D eigenvalue weighted by atomic mass is 16.5. The third-order valence-electron chi connectivity index (χ3n) is 1.96. The van der Waals surface area contributed by atoms with Crippen molar-refractivity contribution in [1.82, 2.24) is 5.32 Å². The fraction of sp³-hybridized carbons (Fsp3) is 0.273. The van der Waals surface area contributed by atoms with Gasteiger partial charge in [-0.05, 0) is 17.7 Å². The molecule has 0 radical (unpaired) electrons. The topological polar surface area (TPSA) is 90.6 Å². The van der Waals surface area contributed by atoms with Gasteiger partial charge < -0.3 is 15.2 Å². The summed E-state index contributed by atoms with van der Waals surface area (Å²) < 4.78 is 9.41. The van der Waals surface area contributed by atoms with Crippen LogP contribution >= 0.6 is 0 Å². The lowest BCUT2D eigenvalue weighted by Crippen LogP contribution is -2.34. The molecule has 1 aromatic rings. The SMILES string of the molecule is COC(=O)NC(=O)COc1ccc(CN)cc1. The Morgan fingerprint density at radius 3 is 2.47 bits per heavy atom. The molecular formula is C11H14N2O4. The molecule has 92 valence electrons. The van der Waals surface area contributed by atoms with Crippen molar-refractivity contribution in [3.63, 3.8) is 0 Å². The molecule has 0 heterocycles. The first-order valence-electron chi connectivity index (χ1n) is 4.95. The van der Waals surface area contributed by atoms with E-state index in [0.717, 1.165) is 5.56 Å². The Hall–Kier alpha value is -2.08. The summed E-state index contributed by atoms with van der Waals surface area (Å²) in [5.74, 6) is -0.0398. The summed E-state index contributed by atoms with van der Waals surface area (Å²) in [5, 5.41) is 1.98. The number of alkyl carbamates (subject to hydrolysis) is 1. The van der Waals surface area contributed by atoms with Gasteiger partial charge in [0, 0.05) is 6.54 Å². The standard InChI is InChI=1S/C11H14N2O4/c1-16-11(15)13-10(14)7-17-9-4-2-8(6-12)3-5-9/h2-5H,6-7,12H2,1H3,(H,13,14,15). The van der Waals surface area contributed by atoms with E-state index < -0.39 is 12.0 Å². The number of methoxy groups -OCH3 is 1. The van der Waals surface area contributed by atoms with Crippen LogP contribution in [0.5, 0.6) is 5.75 Å². The zero-order chi connectivity index (χ0) is 12.7. The van der Waals surface area contributed by atoms with E-state index in [1.165, 1.54) is 7.11 Å². The van der Waals surface area contributed by atoms with Crippen LogP contribution in [0.15, 0.2) is 24.3 Å². The number of hydrogen-bond donors (Lipinski definition) is 2. The summed E-state index contributed by atoms with van der Waals surface area (Å²) in [5.41, 5.74) is 6.40. The lowest BCUT2D eigenvalue weighted by Gasteiger charge is -2.06. The van der Waals surface area contributed by atoms with Gasteiger partial charge in [-0.3, -0.25) is 10.1 Å². The van der Waals surface area contributed by atoms with E-state index in [4.69, 9.17) is 10.5 Å². The second-order valence-corrected chi connectivity index (χ2v) is 3.18. The van der Waals surface area contributed by atoms with E-state index in [1.54, 1.807) is 24.3 Å². The van der Waals surface area contributed by atoms with Gasteiger partial charge in [-0.2, -0.15) is 0 Å². The van der Waals surface area contributed by atoms with Crippen LogP contribution in [-0.2, 0) is 16.1 Å². The molecule has 0 saturated carbocycles. The fourth-order valence-corrected chi connectivity index (χ4v) is 1.07. The number of nitrogens with two attached hydrogens (primary N) is 1. The highest BCUT2D eigenvalue weighted by Gasteiger charge is 2.07. The summed E-state index contributed by atoms with van der Waals surface area (Å²) in [4.78, 5) is 21.8. The zero-order valence-electron chi connectivity index (χ0n) is 9.43. The Bertz CT molecular complexity index is 389. The van der Waals surface area contributed by atoms with Crippen molar-refractivity contribution in [2.45, 2.75) is 6.54 Å². The van der Waals surface area contributed by atoms with Crippen molar-refractivity contribution in [1.29, 1.82) is 0 Å². The van der Waals surface area contributed by atoms with Crippen LogP contribution in [0.2, 0.25) is 0 Å². The number of amides is 2. The molecule has 1 rings (SSSR count). The molecule has 0 aromatic heterocycles. The number of rotatable bonds is 4. The van der Waals surface area contributed by atoms with Crippen LogP contribution in [0, 0.1) is 0 Å². The summed E-state index contributed by atoms with van der Waals surface area (Å²) in [6.07, 6.45) is -0.808. The van der Waals surface area contributed by atoms with Gasteiger partial charge in [0.1, 0.15) is 5.75 Å². The van der Waals surface area contributed by atoms with Gasteiger partial charge in [0.2, 0.25) is 0 Å². The van der Waals surface area contributed by atoms with Gasteiger partial charge in [0.15, 0.2) is 6.61 Å². The number of imide groups is 1. The predicted octanol–water partition coefficient (Wildman–Crippen LogP) is 0.407. The van der Waals surface area contributed by atoms with Crippen molar-refractivity contribution in [3.05, 3.63) is 29.8 Å². The maximum absolute atomic E-state index is 11.2. The Morgan fingerprint density at radius 2 is 1.94 bits per heavy atom. The molecule has 0 atom stereocenters. The minimum absolute atomic E-state index is 0.253. The van der Waals surface area contributed by atoms with Crippen LogP contribution in [0.4, 0.5) is 4.79 Å². The van der Waals surface area contributed by atoms with E-state index in [1.807, 2.05) is 5.32 Å². The van der Waals surface area contributed by atoms with Gasteiger partial charge in [-0.1, -0.05) is 12.1 Å². The van der Waals surface area contributed by atoms with E-state index in [-0.39, 0.29) is 6.61 Å². The molecule has 0 fully saturated rings. The summed E-state index contributed by atoms with van der Waals surface area (Å²) >= 11 is 0. The highest BCUT2D eigenvalue weighted by molar-refractivity contribution is 5.92. The van der Waals surface area contributed by atoms with Gasteiger partial charge >= 0.3 is 6.09 Å². The monoisotopic (exact) mass is 238 g/mol. The van der Waals surface area contributed by atoms with Crippen LogP contribution in [0.3, 0.4) is 0 Å². The van der Waals surface area contributed by atoms with Gasteiger partial charge in [0.05, 0.1) is 7.11 Å². The van der Waals surface area contributed by atoms with E-state index in [0.29, 0.717) is 12.3 Å². The molecule has 2 amide bonds. The van der Waals surface area contributed by atoms with Crippen molar-refractivity contribution in [2.24, 2.45) is 5.73 Å². The Labute approximate surface area is 98.7 Å². The van der Waals surface area contributed by atoms with E-state index in [9.17, 15) is 9.59 Å². The highest BCUT2D eigenvalue weighted by Crippen LogP contribution is 2.11. The molecule has 0 aliphatic heterocycles. The first-order valence-corrected chi connectivity index (χ1v) is 4.95. The molecule has 0 bridgehead atoms. The number of carbonyl (C=O) groups excluding carboxylic acids is 2. The molecule has 0 aliphatic rings. The van der Waals surface area contributed by atoms with Gasteiger partial charge in [-0.25, -0.2) is 4.79 Å². The lowest BCUT2D eigenvalue weighted by atomic mass is 10.2. The van der Waals surface area contributed by atoms with Crippen molar-refractivity contribution < 1.29 is 19.1 Å². The van der Waals surface area contributed by atoms with Crippen LogP contribution in [-0.4, -0.2) is 25.7 Å². The minimum Gasteiger partial charge on any atom is -0.484 e. The maximum Gasteiger partial charge on any atom is 0.413 e. The first kappa shape index (κ1) is 13.0. The second kappa shape index (κ2) is 6.49. The predicted molar refractivity (Wildman–Crippen MR) is 60.4 cm³/mol. The Balaban J connectivity index is 2.39. The van der Waals surface area contributed by atoms with Crippen LogP contribution in [0.25, 0.3) is 0 Å². The average Bonchev–Trinajstić information content (AvgIpc) is 2.36. The quantitative estimate of drug-likeness (QED) is 0.792. The Kier molecular flexibility index (Phi) is 4.96. The van der Waals surface area contributed by atoms with Crippen LogP contribution in [0.1, 0.15) is 5.56 Å². The van der Waals surface area contributed by atoms with E-state index in [2.05, 4.69) is 4.74 Å². The molecule has 0 saturated heterocycles. The largest absolute Gasteiger partial charge is 0.484 e. The summed E-state index contributed by atoms with van der Waals surface area (Å²) in [7, 11) is 1.18. The average molecular weight is 238 g/mol. The first-order chi connectivity index (χ1) is 8.15. The van der Waals surface area contributed by atoms with E-state index >= 15 is 0 Å². The molecule has 3 N–H and O–H groups in total.